The van der Waals surface area contributed by atoms with Gasteiger partial charge in [-0.05, 0) is 23.3 Å². The van der Waals surface area contributed by atoms with Gasteiger partial charge in [0.1, 0.15) is 0 Å². The second kappa shape index (κ2) is 7.81. The van der Waals surface area contributed by atoms with E-state index in [4.69, 9.17) is 0 Å². The number of benzene rings is 2. The number of rotatable bonds is 7. The molecular weight excluding hydrogens is 314 g/mol. The molecule has 3 nitrogen and oxygen atoms in total. The molecule has 0 radical (unpaired) electrons. The van der Waals surface area contributed by atoms with Gasteiger partial charge < -0.3 is 0 Å². The summed E-state index contributed by atoms with van der Waals surface area (Å²) in [6.45, 7) is 4.62. The Balaban J connectivity index is 1.91. The van der Waals surface area contributed by atoms with E-state index >= 15 is 0 Å². The molecule has 0 spiro atoms. The van der Waals surface area contributed by atoms with E-state index in [-0.39, 0.29) is 5.75 Å². The Kier molecular flexibility index (Phi) is 6.06. The summed E-state index contributed by atoms with van der Waals surface area (Å²) in [4.78, 5) is 1.20. The molecule has 2 aromatic carbocycles. The summed E-state index contributed by atoms with van der Waals surface area (Å²) in [7, 11) is -3.32. The molecule has 5 heteroatoms. The van der Waals surface area contributed by atoms with Crippen LogP contribution in [0.3, 0.4) is 0 Å². The minimum Gasteiger partial charge on any atom is -0.212 e. The molecule has 0 saturated carbocycles. The minimum absolute atomic E-state index is 0.00905. The van der Waals surface area contributed by atoms with E-state index in [1.807, 2.05) is 54.6 Å². The number of sulfonamides is 1. The zero-order valence-corrected chi connectivity index (χ0v) is 14.5. The van der Waals surface area contributed by atoms with Crippen LogP contribution in [-0.2, 0) is 22.3 Å². The Labute approximate surface area is 137 Å². The van der Waals surface area contributed by atoms with Gasteiger partial charge in [0.15, 0.2) is 0 Å². The molecule has 2 rings (SSSR count). The lowest BCUT2D eigenvalue weighted by molar-refractivity contribution is 0.580. The smallest absolute Gasteiger partial charge is 0.212 e. The number of hydrogen-bond donors (Lipinski definition) is 1. The summed E-state index contributed by atoms with van der Waals surface area (Å²) in [6, 6.07) is 17.2. The Morgan fingerprint density at radius 1 is 0.955 bits per heavy atom. The van der Waals surface area contributed by atoms with Crippen molar-refractivity contribution in [2.24, 2.45) is 0 Å². The number of thioether (sulfide) groups is 1. The highest BCUT2D eigenvalue weighted by molar-refractivity contribution is 7.99. The summed E-state index contributed by atoms with van der Waals surface area (Å²) >= 11 is 1.79. The highest BCUT2D eigenvalue weighted by Crippen LogP contribution is 2.22. The number of nitrogens with one attached hydrogen (secondary N) is 1. The van der Waals surface area contributed by atoms with Crippen molar-refractivity contribution in [3.8, 4) is 0 Å². The van der Waals surface area contributed by atoms with Crippen LogP contribution >= 0.6 is 11.8 Å². The lowest BCUT2D eigenvalue weighted by Gasteiger charge is -2.08. The van der Waals surface area contributed by atoms with Crippen LogP contribution in [0, 0.1) is 0 Å². The molecule has 0 heterocycles. The van der Waals surface area contributed by atoms with Crippen LogP contribution in [0.5, 0.6) is 0 Å². The van der Waals surface area contributed by atoms with Crippen molar-refractivity contribution in [1.82, 2.24) is 4.72 Å². The monoisotopic (exact) mass is 335 g/mol. The van der Waals surface area contributed by atoms with E-state index in [9.17, 15) is 8.42 Å². The standard InChI is InChI=1S/C17H21NO2S2/c1-14(2)21-17-10-8-15(9-11-17)12-18-22(19,20)13-16-6-4-3-5-7-16/h3-11,14,18H,12-13H2,1-2H3. The maximum Gasteiger partial charge on any atom is 0.216 e. The lowest BCUT2D eigenvalue weighted by atomic mass is 10.2. The molecule has 2 aromatic rings. The zero-order chi connectivity index (χ0) is 16.0. The van der Waals surface area contributed by atoms with Gasteiger partial charge in [0, 0.05) is 16.7 Å². The molecule has 1 N–H and O–H groups in total. The van der Waals surface area contributed by atoms with Crippen LogP contribution < -0.4 is 4.72 Å². The normalized spacial score (nSPS) is 11.8. The SMILES string of the molecule is CC(C)Sc1ccc(CNS(=O)(=O)Cc2ccccc2)cc1. The van der Waals surface area contributed by atoms with E-state index in [1.54, 1.807) is 11.8 Å². The molecule has 22 heavy (non-hydrogen) atoms. The molecule has 0 bridgehead atoms. The topological polar surface area (TPSA) is 46.2 Å². The molecule has 118 valence electrons. The summed E-state index contributed by atoms with van der Waals surface area (Å²) in [5.74, 6) is 0.00905. The first kappa shape index (κ1) is 17.1. The predicted molar refractivity (Wildman–Crippen MR) is 93.3 cm³/mol. The fraction of sp³-hybridized carbons (Fsp3) is 0.294. The van der Waals surface area contributed by atoms with Crippen molar-refractivity contribution in [3.63, 3.8) is 0 Å². The van der Waals surface area contributed by atoms with Crippen molar-refractivity contribution in [2.45, 2.75) is 36.3 Å². The highest BCUT2D eigenvalue weighted by atomic mass is 32.2. The Morgan fingerprint density at radius 3 is 2.18 bits per heavy atom. The summed E-state index contributed by atoms with van der Waals surface area (Å²) in [5.41, 5.74) is 1.75. The molecule has 0 aliphatic heterocycles. The van der Waals surface area contributed by atoms with Gasteiger partial charge in [0.25, 0.3) is 0 Å². The van der Waals surface area contributed by atoms with Crippen LogP contribution in [0.25, 0.3) is 0 Å². The third-order valence-corrected chi connectivity index (χ3v) is 5.30. The molecule has 0 atom stereocenters. The third-order valence-electron chi connectivity index (χ3n) is 2.99. The second-order valence-electron chi connectivity index (χ2n) is 5.38. The van der Waals surface area contributed by atoms with Crippen molar-refractivity contribution in [1.29, 1.82) is 0 Å². The van der Waals surface area contributed by atoms with Gasteiger partial charge in [-0.3, -0.25) is 0 Å². The molecule has 0 aromatic heterocycles. The molecule has 0 aliphatic rings. The van der Waals surface area contributed by atoms with Gasteiger partial charge in [0.05, 0.1) is 5.75 Å². The molecule has 0 fully saturated rings. The van der Waals surface area contributed by atoms with Crippen molar-refractivity contribution in [3.05, 3.63) is 65.7 Å². The Morgan fingerprint density at radius 2 is 1.59 bits per heavy atom. The second-order valence-corrected chi connectivity index (χ2v) is 8.83. The van der Waals surface area contributed by atoms with Gasteiger partial charge >= 0.3 is 0 Å². The van der Waals surface area contributed by atoms with Gasteiger partial charge in [-0.15, -0.1) is 11.8 Å². The Hall–Kier alpha value is -1.30. The maximum atomic E-state index is 12.1. The van der Waals surface area contributed by atoms with Crippen molar-refractivity contribution < 1.29 is 8.42 Å². The summed E-state index contributed by atoms with van der Waals surface area (Å²) in [5, 5.41) is 0.537. The third kappa shape index (κ3) is 5.83. The fourth-order valence-electron chi connectivity index (χ4n) is 2.00. The van der Waals surface area contributed by atoms with Crippen LogP contribution in [0.2, 0.25) is 0 Å². The van der Waals surface area contributed by atoms with Gasteiger partial charge in [-0.25, -0.2) is 13.1 Å². The van der Waals surface area contributed by atoms with Gasteiger partial charge in [-0.1, -0.05) is 56.3 Å². The van der Waals surface area contributed by atoms with E-state index < -0.39 is 10.0 Å². The molecule has 0 saturated heterocycles. The lowest BCUT2D eigenvalue weighted by Crippen LogP contribution is -2.24. The first-order chi connectivity index (χ1) is 10.4. The average molecular weight is 335 g/mol. The zero-order valence-electron chi connectivity index (χ0n) is 12.8. The quantitative estimate of drug-likeness (QED) is 0.783. The van der Waals surface area contributed by atoms with Crippen LogP contribution in [0.15, 0.2) is 59.5 Å². The van der Waals surface area contributed by atoms with Crippen molar-refractivity contribution >= 4 is 21.8 Å². The summed E-state index contributed by atoms with van der Waals surface area (Å²) in [6.07, 6.45) is 0. The van der Waals surface area contributed by atoms with Crippen LogP contribution in [-0.4, -0.2) is 13.7 Å². The van der Waals surface area contributed by atoms with E-state index in [2.05, 4.69) is 18.6 Å². The maximum absolute atomic E-state index is 12.1. The molecular formula is C17H21NO2S2. The predicted octanol–water partition coefficient (Wildman–Crippen LogP) is 3.81. The fourth-order valence-corrected chi connectivity index (χ4v) is 3.95. The molecule has 0 amide bonds. The average Bonchev–Trinajstić information content (AvgIpc) is 2.47. The number of hydrogen-bond acceptors (Lipinski definition) is 3. The first-order valence-corrected chi connectivity index (χ1v) is 9.75. The Bertz CT molecular complexity index is 680. The van der Waals surface area contributed by atoms with Gasteiger partial charge in [-0.2, -0.15) is 0 Å². The largest absolute Gasteiger partial charge is 0.216 e. The summed E-state index contributed by atoms with van der Waals surface area (Å²) < 4.78 is 26.8. The minimum atomic E-state index is -3.32. The van der Waals surface area contributed by atoms with E-state index in [1.165, 1.54) is 4.90 Å². The van der Waals surface area contributed by atoms with Crippen LogP contribution in [0.4, 0.5) is 0 Å². The molecule has 0 aliphatic carbocycles. The van der Waals surface area contributed by atoms with Gasteiger partial charge in [0.2, 0.25) is 10.0 Å². The highest BCUT2D eigenvalue weighted by Gasteiger charge is 2.11. The van der Waals surface area contributed by atoms with Crippen LogP contribution in [0.1, 0.15) is 25.0 Å². The van der Waals surface area contributed by atoms with E-state index in [0.717, 1.165) is 11.1 Å². The van der Waals surface area contributed by atoms with Crippen molar-refractivity contribution in [2.75, 3.05) is 0 Å². The first-order valence-electron chi connectivity index (χ1n) is 7.21. The van der Waals surface area contributed by atoms with E-state index in [0.29, 0.717) is 11.8 Å². The molecule has 0 unspecified atom stereocenters.